The van der Waals surface area contributed by atoms with E-state index in [0.717, 1.165) is 0 Å². The van der Waals surface area contributed by atoms with Crippen LogP contribution in [0.15, 0.2) is 30.3 Å². The monoisotopic (exact) mass is 219 g/mol. The molecule has 0 saturated heterocycles. The smallest absolute Gasteiger partial charge is 0.124 e. The summed E-state index contributed by atoms with van der Waals surface area (Å²) in [4.78, 5) is 0. The molecule has 1 aromatic carbocycles. The highest BCUT2D eigenvalue weighted by Gasteiger charge is 1.95. The second kappa shape index (κ2) is 9.01. The van der Waals surface area contributed by atoms with E-state index >= 15 is 0 Å². The maximum absolute atomic E-state index is 2.28. The summed E-state index contributed by atoms with van der Waals surface area (Å²) >= 11 is 0.533. The van der Waals surface area contributed by atoms with E-state index in [-0.39, 0.29) is 1.43 Å². The van der Waals surface area contributed by atoms with E-state index in [9.17, 15) is 0 Å². The van der Waals surface area contributed by atoms with E-state index in [1.807, 2.05) is 0 Å². The van der Waals surface area contributed by atoms with Crippen LogP contribution in [0.1, 0.15) is 46.9 Å². The van der Waals surface area contributed by atoms with E-state index < -0.39 is 0 Å². The van der Waals surface area contributed by atoms with Gasteiger partial charge in [-0.1, -0.05) is 81.1 Å². The Morgan fingerprint density at radius 1 is 0.933 bits per heavy atom. The van der Waals surface area contributed by atoms with Gasteiger partial charge in [-0.15, -0.1) is 4.43 Å². The van der Waals surface area contributed by atoms with Gasteiger partial charge in [0.1, 0.15) is 0 Å². The Balaban J connectivity index is 0.00000225. The molecule has 83 valence electrons. The van der Waals surface area contributed by atoms with Crippen molar-refractivity contribution >= 4 is 19.6 Å². The van der Waals surface area contributed by atoms with Crippen molar-refractivity contribution in [2.24, 2.45) is 0 Å². The van der Waals surface area contributed by atoms with Crippen LogP contribution in [-0.2, 0) is 0 Å². The highest BCUT2D eigenvalue weighted by Crippen LogP contribution is 2.06. The van der Waals surface area contributed by atoms with Crippen molar-refractivity contribution in [2.45, 2.75) is 50.7 Å². The van der Waals surface area contributed by atoms with Gasteiger partial charge in [-0.05, 0) is 0 Å². The number of rotatable bonds is 8. The Hall–Kier alpha value is -0.248. The van der Waals surface area contributed by atoms with Crippen molar-refractivity contribution in [3.63, 3.8) is 0 Å². The minimum atomic E-state index is 0. The molecule has 0 nitrogen and oxygen atoms in total. The van der Waals surface area contributed by atoms with E-state index in [2.05, 4.69) is 37.3 Å². The fourth-order valence-corrected chi connectivity index (χ4v) is 3.10. The molecule has 0 aliphatic rings. The van der Waals surface area contributed by atoms with Crippen LogP contribution >= 0.6 is 0 Å². The van der Waals surface area contributed by atoms with Crippen molar-refractivity contribution in [3.8, 4) is 0 Å². The van der Waals surface area contributed by atoms with E-state index in [1.54, 1.807) is 4.43 Å². The Bertz CT molecular complexity index is 236. The standard InChI is InChI=1S/C8H17.C6H5.Al.H2/c1-3-5-7-8-6-4-2;1-2-4-6-5-3-1;;/h1,3-8H2,2H3;1-5H;;1H. The second-order valence-corrected chi connectivity index (χ2v) is 5.82. The quantitative estimate of drug-likeness (QED) is 0.457. The summed E-state index contributed by atoms with van der Waals surface area (Å²) in [6.07, 6.45) is 8.55. The van der Waals surface area contributed by atoms with Crippen molar-refractivity contribution in [1.82, 2.24) is 0 Å². The summed E-state index contributed by atoms with van der Waals surface area (Å²) in [6.45, 7) is 2.28. The molecule has 0 spiro atoms. The topological polar surface area (TPSA) is 0 Å². The van der Waals surface area contributed by atoms with Crippen LogP contribution < -0.4 is 4.43 Å². The summed E-state index contributed by atoms with van der Waals surface area (Å²) < 4.78 is 1.58. The SMILES string of the molecule is CCCCCCC[CH2][Al][c]1ccccc1.[HH]. The van der Waals surface area contributed by atoms with Crippen molar-refractivity contribution in [2.75, 3.05) is 0 Å². The summed E-state index contributed by atoms with van der Waals surface area (Å²) in [5.74, 6) is 0. The van der Waals surface area contributed by atoms with Crippen LogP contribution in [0, 0.1) is 0 Å². The Labute approximate surface area is 102 Å². The molecule has 0 unspecified atom stereocenters. The molecular weight excluding hydrogens is 195 g/mol. The zero-order valence-electron chi connectivity index (χ0n) is 9.91. The van der Waals surface area contributed by atoms with E-state index in [1.165, 1.54) is 43.8 Å². The van der Waals surface area contributed by atoms with Gasteiger partial charge in [-0.3, -0.25) is 0 Å². The van der Waals surface area contributed by atoms with Gasteiger partial charge in [0, 0.05) is 1.43 Å². The molecule has 0 atom stereocenters. The van der Waals surface area contributed by atoms with E-state index in [4.69, 9.17) is 0 Å². The number of hydrogen-bond donors (Lipinski definition) is 0. The first-order valence-corrected chi connectivity index (χ1v) is 7.71. The molecule has 1 rings (SSSR count). The van der Waals surface area contributed by atoms with Gasteiger partial charge in [-0.2, -0.15) is 0 Å². The summed E-state index contributed by atoms with van der Waals surface area (Å²) in [7, 11) is 0. The molecule has 0 bridgehead atoms. The zero-order valence-corrected chi connectivity index (χ0v) is 11.1. The van der Waals surface area contributed by atoms with Gasteiger partial charge in [0.05, 0.1) is 0 Å². The molecule has 0 aromatic heterocycles. The van der Waals surface area contributed by atoms with Gasteiger partial charge >= 0.3 is 0 Å². The molecule has 0 N–H and O–H groups in total. The molecule has 0 aliphatic carbocycles. The first-order chi connectivity index (χ1) is 7.43. The Morgan fingerprint density at radius 2 is 1.60 bits per heavy atom. The summed E-state index contributed by atoms with van der Waals surface area (Å²) in [6, 6.07) is 11.0. The van der Waals surface area contributed by atoms with Crippen LogP contribution in [0.5, 0.6) is 0 Å². The minimum Gasteiger partial charge on any atom is -0.124 e. The third-order valence-corrected chi connectivity index (χ3v) is 4.29. The minimum absolute atomic E-state index is 0. The molecule has 0 heterocycles. The van der Waals surface area contributed by atoms with Crippen LogP contribution in [0.25, 0.3) is 0 Å². The third kappa shape index (κ3) is 6.77. The maximum Gasteiger partial charge on any atom is 0.250 e. The molecule has 1 radical (unpaired) electrons. The van der Waals surface area contributed by atoms with Crippen LogP contribution in [0.4, 0.5) is 0 Å². The van der Waals surface area contributed by atoms with Gasteiger partial charge in [-0.25, -0.2) is 0 Å². The first-order valence-electron chi connectivity index (χ1n) is 6.31. The second-order valence-electron chi connectivity index (χ2n) is 4.17. The number of benzene rings is 1. The van der Waals surface area contributed by atoms with Crippen LogP contribution in [0.3, 0.4) is 0 Å². The normalized spacial score (nSPS) is 10.2. The fourth-order valence-electron chi connectivity index (χ4n) is 1.78. The molecule has 15 heavy (non-hydrogen) atoms. The average Bonchev–Trinajstić information content (AvgIpc) is 2.29. The number of hydrogen-bond acceptors (Lipinski definition) is 0. The lowest BCUT2D eigenvalue weighted by Gasteiger charge is -2.00. The lowest BCUT2D eigenvalue weighted by molar-refractivity contribution is 0.624. The highest BCUT2D eigenvalue weighted by atomic mass is 27.1. The molecule has 0 fully saturated rings. The number of unbranched alkanes of at least 4 members (excludes halogenated alkanes) is 5. The summed E-state index contributed by atoms with van der Waals surface area (Å²) in [5.41, 5.74) is 0. The van der Waals surface area contributed by atoms with Gasteiger partial charge in [0.15, 0.2) is 0 Å². The molecule has 0 saturated carbocycles. The Morgan fingerprint density at radius 3 is 2.33 bits per heavy atom. The predicted molar refractivity (Wildman–Crippen MR) is 72.1 cm³/mol. The van der Waals surface area contributed by atoms with Crippen molar-refractivity contribution in [1.29, 1.82) is 0 Å². The largest absolute Gasteiger partial charge is 0.250 e. The first kappa shape index (κ1) is 12.8. The fraction of sp³-hybridized carbons (Fsp3) is 0.571. The predicted octanol–water partition coefficient (Wildman–Crippen LogP) is 4.04. The van der Waals surface area contributed by atoms with Gasteiger partial charge < -0.3 is 0 Å². The zero-order chi connectivity index (χ0) is 10.8. The summed E-state index contributed by atoms with van der Waals surface area (Å²) in [5, 5.41) is 1.44. The highest BCUT2D eigenvalue weighted by molar-refractivity contribution is 6.53. The lowest BCUT2D eigenvalue weighted by Crippen LogP contribution is -2.12. The van der Waals surface area contributed by atoms with Crippen molar-refractivity contribution in [3.05, 3.63) is 30.3 Å². The van der Waals surface area contributed by atoms with Gasteiger partial charge in [0.2, 0.25) is 15.2 Å². The molecule has 0 aliphatic heterocycles. The lowest BCUT2D eigenvalue weighted by atomic mass is 10.1. The molecule has 0 amide bonds. The van der Waals surface area contributed by atoms with Crippen molar-refractivity contribution < 1.29 is 1.43 Å². The van der Waals surface area contributed by atoms with Gasteiger partial charge in [0.25, 0.3) is 0 Å². The maximum atomic E-state index is 2.28. The third-order valence-electron chi connectivity index (χ3n) is 2.74. The Kier molecular flexibility index (Phi) is 7.70. The van der Waals surface area contributed by atoms with E-state index in [0.29, 0.717) is 15.2 Å². The average molecular weight is 219 g/mol. The molecule has 1 heteroatoms. The van der Waals surface area contributed by atoms with Crippen LogP contribution in [-0.4, -0.2) is 15.2 Å². The molecule has 1 aromatic rings. The molecular formula is C14H24Al. The van der Waals surface area contributed by atoms with Crippen LogP contribution in [0.2, 0.25) is 5.28 Å².